The number of phenols is 1. The maximum atomic E-state index is 12.9. The second-order valence-corrected chi connectivity index (χ2v) is 7.27. The van der Waals surface area contributed by atoms with Crippen LogP contribution < -0.4 is 5.32 Å². The predicted molar refractivity (Wildman–Crippen MR) is 106 cm³/mol. The largest absolute Gasteiger partial charge is 0.505 e. The first-order chi connectivity index (χ1) is 13.2. The lowest BCUT2D eigenvalue weighted by Gasteiger charge is -2.26. The van der Waals surface area contributed by atoms with Gasteiger partial charge in [0.15, 0.2) is 0 Å². The van der Waals surface area contributed by atoms with Gasteiger partial charge in [-0.2, -0.15) is 0 Å². The number of aromatic nitrogens is 1. The minimum Gasteiger partial charge on any atom is -0.505 e. The molecule has 3 aromatic rings. The molecule has 1 fully saturated rings. The van der Waals surface area contributed by atoms with E-state index >= 15 is 0 Å². The number of nitrogens with zero attached hydrogens (tertiary/aromatic N) is 1. The fourth-order valence-electron chi connectivity index (χ4n) is 3.99. The molecule has 1 heterocycles. The third kappa shape index (κ3) is 3.65. The summed E-state index contributed by atoms with van der Waals surface area (Å²) in [5.74, 6) is 0.264. The van der Waals surface area contributed by atoms with Gasteiger partial charge in [-0.3, -0.25) is 9.78 Å². The molecular formula is C23H24N2O2. The van der Waals surface area contributed by atoms with Gasteiger partial charge in [0.25, 0.3) is 0 Å². The number of aromatic hydroxyl groups is 1. The van der Waals surface area contributed by atoms with Crippen molar-refractivity contribution in [1.82, 2.24) is 10.3 Å². The first-order valence-corrected chi connectivity index (χ1v) is 9.66. The molecule has 0 spiro atoms. The van der Waals surface area contributed by atoms with Crippen LogP contribution in [0.1, 0.15) is 49.3 Å². The topological polar surface area (TPSA) is 62.2 Å². The predicted octanol–water partition coefficient (Wildman–Crippen LogP) is 4.73. The number of nitrogens with one attached hydrogen (secondary N) is 1. The van der Waals surface area contributed by atoms with Gasteiger partial charge < -0.3 is 10.4 Å². The molecule has 1 unspecified atom stereocenters. The molecule has 4 heteroatoms. The van der Waals surface area contributed by atoms with Crippen LogP contribution in [0.4, 0.5) is 0 Å². The highest BCUT2D eigenvalue weighted by molar-refractivity contribution is 5.86. The van der Waals surface area contributed by atoms with E-state index in [9.17, 15) is 9.90 Å². The fourth-order valence-corrected chi connectivity index (χ4v) is 3.99. The maximum absolute atomic E-state index is 12.9. The molecule has 138 valence electrons. The van der Waals surface area contributed by atoms with E-state index in [2.05, 4.69) is 10.3 Å². The zero-order valence-corrected chi connectivity index (χ0v) is 15.3. The van der Waals surface area contributed by atoms with Crippen molar-refractivity contribution >= 4 is 16.8 Å². The van der Waals surface area contributed by atoms with Crippen LogP contribution >= 0.6 is 0 Å². The minimum atomic E-state index is -0.396. The Morgan fingerprint density at radius 3 is 2.56 bits per heavy atom. The van der Waals surface area contributed by atoms with E-state index in [0.717, 1.165) is 36.6 Å². The number of carbonyl (C=O) groups excluding carboxylic acids is 1. The van der Waals surface area contributed by atoms with E-state index in [4.69, 9.17) is 0 Å². The summed E-state index contributed by atoms with van der Waals surface area (Å²) < 4.78 is 0. The number of carbonyl (C=O) groups is 1. The molecule has 2 N–H and O–H groups in total. The van der Waals surface area contributed by atoms with Gasteiger partial charge in [-0.05, 0) is 24.5 Å². The van der Waals surface area contributed by atoms with Crippen LogP contribution in [0.3, 0.4) is 0 Å². The van der Waals surface area contributed by atoms with Gasteiger partial charge in [0.2, 0.25) is 5.91 Å². The standard InChI is InChI=1S/C23H24N2O2/c26-22-19(14-13-17-12-7-15-24-21(17)22)20(16-8-3-1-4-9-16)25-23(27)18-10-5-2-6-11-18/h1,3-4,7-9,12-15,18,20,26H,2,5-6,10-11H2,(H,25,27). The van der Waals surface area contributed by atoms with Crippen molar-refractivity contribution in [3.63, 3.8) is 0 Å². The summed E-state index contributed by atoms with van der Waals surface area (Å²) in [4.78, 5) is 17.2. The molecular weight excluding hydrogens is 336 g/mol. The van der Waals surface area contributed by atoms with Crippen molar-refractivity contribution in [1.29, 1.82) is 0 Å². The average molecular weight is 360 g/mol. The Hall–Kier alpha value is -2.88. The second kappa shape index (κ2) is 7.78. The third-order valence-electron chi connectivity index (χ3n) is 5.49. The number of benzene rings is 2. The van der Waals surface area contributed by atoms with E-state index in [0.29, 0.717) is 11.1 Å². The molecule has 1 aromatic heterocycles. The monoisotopic (exact) mass is 360 g/mol. The van der Waals surface area contributed by atoms with Crippen molar-refractivity contribution < 1.29 is 9.90 Å². The van der Waals surface area contributed by atoms with Crippen molar-refractivity contribution in [2.75, 3.05) is 0 Å². The molecule has 0 bridgehead atoms. The molecule has 0 radical (unpaired) electrons. The van der Waals surface area contributed by atoms with Gasteiger partial charge >= 0.3 is 0 Å². The Balaban J connectivity index is 1.72. The molecule has 1 saturated carbocycles. The lowest BCUT2D eigenvalue weighted by Crippen LogP contribution is -2.35. The smallest absolute Gasteiger partial charge is 0.223 e. The molecule has 0 saturated heterocycles. The second-order valence-electron chi connectivity index (χ2n) is 7.27. The Bertz CT molecular complexity index is 934. The highest BCUT2D eigenvalue weighted by atomic mass is 16.3. The quantitative estimate of drug-likeness (QED) is 0.707. The number of pyridine rings is 1. The van der Waals surface area contributed by atoms with Crippen LogP contribution in [0.2, 0.25) is 0 Å². The lowest BCUT2D eigenvalue weighted by atomic mass is 9.87. The van der Waals surface area contributed by atoms with E-state index < -0.39 is 6.04 Å². The van der Waals surface area contributed by atoms with Gasteiger partial charge in [0, 0.05) is 23.1 Å². The third-order valence-corrected chi connectivity index (χ3v) is 5.49. The normalized spacial score (nSPS) is 16.1. The summed E-state index contributed by atoms with van der Waals surface area (Å²) in [5.41, 5.74) is 2.19. The van der Waals surface area contributed by atoms with Gasteiger partial charge in [-0.1, -0.05) is 67.8 Å². The van der Waals surface area contributed by atoms with Crippen molar-refractivity contribution in [3.05, 3.63) is 71.9 Å². The molecule has 0 aliphatic heterocycles. The molecule has 4 rings (SSSR count). The van der Waals surface area contributed by atoms with E-state index in [1.807, 2.05) is 54.6 Å². The van der Waals surface area contributed by atoms with Crippen LogP contribution in [0, 0.1) is 5.92 Å². The number of fused-ring (bicyclic) bond motifs is 1. The summed E-state index contributed by atoms with van der Waals surface area (Å²) >= 11 is 0. The number of rotatable bonds is 4. The number of hydrogen-bond donors (Lipinski definition) is 2. The fraction of sp³-hybridized carbons (Fsp3) is 0.304. The molecule has 1 aliphatic carbocycles. The Kier molecular flexibility index (Phi) is 5.05. The maximum Gasteiger partial charge on any atom is 0.223 e. The van der Waals surface area contributed by atoms with Crippen LogP contribution in [-0.4, -0.2) is 16.0 Å². The Morgan fingerprint density at radius 2 is 1.78 bits per heavy atom. The summed E-state index contributed by atoms with van der Waals surface area (Å²) in [6.07, 6.45) is 6.99. The zero-order valence-electron chi connectivity index (χ0n) is 15.3. The summed E-state index contributed by atoms with van der Waals surface area (Å²) in [7, 11) is 0. The van der Waals surface area contributed by atoms with Crippen molar-refractivity contribution in [3.8, 4) is 5.75 Å². The zero-order chi connectivity index (χ0) is 18.6. The van der Waals surface area contributed by atoms with E-state index in [1.165, 1.54) is 6.42 Å². The van der Waals surface area contributed by atoms with E-state index in [1.54, 1.807) is 6.20 Å². The SMILES string of the molecule is O=C(NC(c1ccccc1)c1ccc2cccnc2c1O)C1CCCCC1. The van der Waals surface area contributed by atoms with Gasteiger partial charge in [-0.15, -0.1) is 0 Å². The molecule has 27 heavy (non-hydrogen) atoms. The first-order valence-electron chi connectivity index (χ1n) is 9.66. The van der Waals surface area contributed by atoms with Crippen LogP contribution in [0.25, 0.3) is 10.9 Å². The highest BCUT2D eigenvalue weighted by Gasteiger charge is 2.26. The van der Waals surface area contributed by atoms with Crippen LogP contribution in [-0.2, 0) is 4.79 Å². The Morgan fingerprint density at radius 1 is 1.00 bits per heavy atom. The van der Waals surface area contributed by atoms with Crippen molar-refractivity contribution in [2.45, 2.75) is 38.1 Å². The molecule has 1 amide bonds. The number of phenolic OH excluding ortho intramolecular Hbond substituents is 1. The summed E-state index contributed by atoms with van der Waals surface area (Å²) in [6, 6.07) is 17.0. The molecule has 1 atom stereocenters. The van der Waals surface area contributed by atoms with Gasteiger partial charge in [-0.25, -0.2) is 0 Å². The van der Waals surface area contributed by atoms with Crippen LogP contribution in [0.5, 0.6) is 5.75 Å². The average Bonchev–Trinajstić information content (AvgIpc) is 2.74. The summed E-state index contributed by atoms with van der Waals surface area (Å²) in [5, 5.41) is 15.0. The molecule has 4 nitrogen and oxygen atoms in total. The minimum absolute atomic E-state index is 0.0608. The van der Waals surface area contributed by atoms with Gasteiger partial charge in [0.05, 0.1) is 6.04 Å². The molecule has 2 aromatic carbocycles. The first kappa shape index (κ1) is 17.5. The number of hydrogen-bond acceptors (Lipinski definition) is 3. The lowest BCUT2D eigenvalue weighted by molar-refractivity contribution is -0.126. The van der Waals surface area contributed by atoms with Crippen LogP contribution in [0.15, 0.2) is 60.8 Å². The Labute approximate surface area is 159 Å². The van der Waals surface area contributed by atoms with E-state index in [-0.39, 0.29) is 17.6 Å². The summed E-state index contributed by atoms with van der Waals surface area (Å²) in [6.45, 7) is 0. The van der Waals surface area contributed by atoms with Gasteiger partial charge in [0.1, 0.15) is 11.3 Å². The molecule has 1 aliphatic rings. The highest BCUT2D eigenvalue weighted by Crippen LogP contribution is 2.35. The van der Waals surface area contributed by atoms with Crippen molar-refractivity contribution in [2.24, 2.45) is 5.92 Å². The number of amides is 1.